The highest BCUT2D eigenvalue weighted by Crippen LogP contribution is 2.44. The molecule has 0 saturated heterocycles. The van der Waals surface area contributed by atoms with E-state index in [1.54, 1.807) is 24.3 Å². The van der Waals surface area contributed by atoms with Gasteiger partial charge in [-0.15, -0.1) is 0 Å². The van der Waals surface area contributed by atoms with E-state index < -0.39 is 11.9 Å². The minimum absolute atomic E-state index is 0.107. The number of benzene rings is 5. The molecule has 0 aliphatic heterocycles. The standard InChI is InChI=1S/C54H74N2O8/c1-3-5-7-9-11-13-15-17-19-21-35-63-37-23-33-55-51(57)43-29-25-39-41-27-31-45(53(59)60)50-46(54(61)62)32-28-42(48(41)50)40-26-30-44(49(43)47(39)40)52(58)56-34-24-38-64-36-22-20-18-16-14-12-10-8-6-4-2/h25-32H,3-24,33-38H2,1-2H3,(H,55,57)(H,56,58)(H,59,60)(H,61,62). The second kappa shape index (κ2) is 27.5. The smallest absolute Gasteiger partial charge is 0.336 e. The number of amides is 2. The van der Waals surface area contributed by atoms with Crippen molar-refractivity contribution >= 4 is 66.8 Å². The van der Waals surface area contributed by atoms with E-state index in [0.29, 0.717) is 101 Å². The highest BCUT2D eigenvalue weighted by molar-refractivity contribution is 6.38. The number of aromatic carboxylic acids is 2. The molecule has 0 aliphatic rings. The van der Waals surface area contributed by atoms with Gasteiger partial charge in [0.05, 0.1) is 11.1 Å². The third-order valence-corrected chi connectivity index (χ3v) is 12.6. The number of rotatable bonds is 34. The van der Waals surface area contributed by atoms with Gasteiger partial charge in [-0.2, -0.15) is 0 Å². The van der Waals surface area contributed by atoms with E-state index in [2.05, 4.69) is 24.5 Å². The lowest BCUT2D eigenvalue weighted by Crippen LogP contribution is -2.28. The number of hydrogen-bond donors (Lipinski definition) is 4. The number of ether oxygens (including phenoxy) is 2. The number of hydrogen-bond acceptors (Lipinski definition) is 6. The van der Waals surface area contributed by atoms with Crippen molar-refractivity contribution in [3.05, 3.63) is 70.8 Å². The van der Waals surface area contributed by atoms with Gasteiger partial charge in [0.1, 0.15) is 0 Å². The molecule has 0 unspecified atom stereocenters. The quantitative estimate of drug-likeness (QED) is 0.0181. The molecular formula is C54H74N2O8. The van der Waals surface area contributed by atoms with E-state index in [1.165, 1.54) is 128 Å². The number of carbonyl (C=O) groups is 4. The van der Waals surface area contributed by atoms with Gasteiger partial charge in [0, 0.05) is 61.4 Å². The Morgan fingerprint density at radius 2 is 0.656 bits per heavy atom. The second-order valence-electron chi connectivity index (χ2n) is 17.6. The molecule has 5 rings (SSSR count). The van der Waals surface area contributed by atoms with Crippen molar-refractivity contribution in [2.24, 2.45) is 0 Å². The van der Waals surface area contributed by atoms with E-state index >= 15 is 0 Å². The van der Waals surface area contributed by atoms with Crippen LogP contribution in [0, 0.1) is 0 Å². The van der Waals surface area contributed by atoms with Crippen LogP contribution in [0.1, 0.15) is 197 Å². The maximum Gasteiger partial charge on any atom is 0.336 e. The van der Waals surface area contributed by atoms with Crippen LogP contribution in [0.4, 0.5) is 0 Å². The summed E-state index contributed by atoms with van der Waals surface area (Å²) in [4.78, 5) is 52.9. The maximum atomic E-state index is 14.0. The molecule has 0 heterocycles. The molecule has 10 nitrogen and oxygen atoms in total. The van der Waals surface area contributed by atoms with Crippen molar-refractivity contribution in [3.8, 4) is 0 Å². The summed E-state index contributed by atoms with van der Waals surface area (Å²) < 4.78 is 11.8. The Balaban J connectivity index is 1.24. The van der Waals surface area contributed by atoms with E-state index in [4.69, 9.17) is 9.47 Å². The summed E-state index contributed by atoms with van der Waals surface area (Å²) in [5.74, 6) is -3.08. The molecule has 0 spiro atoms. The van der Waals surface area contributed by atoms with Crippen molar-refractivity contribution in [1.82, 2.24) is 10.6 Å². The molecule has 0 bridgehead atoms. The van der Waals surface area contributed by atoms with Crippen molar-refractivity contribution in [2.75, 3.05) is 39.5 Å². The van der Waals surface area contributed by atoms with Crippen LogP contribution in [0.25, 0.3) is 43.1 Å². The minimum atomic E-state index is -1.23. The number of carbonyl (C=O) groups excluding carboxylic acids is 2. The summed E-state index contributed by atoms with van der Waals surface area (Å²) in [6.07, 6.45) is 26.7. The van der Waals surface area contributed by atoms with Crippen LogP contribution in [0.3, 0.4) is 0 Å². The Kier molecular flexibility index (Phi) is 21.6. The largest absolute Gasteiger partial charge is 0.478 e. The molecule has 2 amide bonds. The third-order valence-electron chi connectivity index (χ3n) is 12.6. The monoisotopic (exact) mass is 879 g/mol. The molecule has 0 aromatic heterocycles. The van der Waals surface area contributed by atoms with Gasteiger partial charge < -0.3 is 30.3 Å². The SMILES string of the molecule is CCCCCCCCCCCCOCCCNC(=O)c1ccc2c3ccc(C(=O)O)c4c(C(=O)O)ccc(c5ccc(C(=O)NCCCOCCCCCCCCCCCC)c1c25)c43. The summed E-state index contributed by atoms with van der Waals surface area (Å²) in [6, 6.07) is 13.3. The van der Waals surface area contributed by atoms with Crippen LogP contribution in [-0.2, 0) is 9.47 Å². The zero-order valence-electron chi connectivity index (χ0n) is 38.8. The molecule has 0 atom stereocenters. The molecule has 348 valence electrons. The molecule has 5 aromatic carbocycles. The molecule has 10 heteroatoms. The summed E-state index contributed by atoms with van der Waals surface area (Å²) in [5, 5.41) is 30.8. The Morgan fingerprint density at radius 3 is 0.984 bits per heavy atom. The number of unbranched alkanes of at least 4 members (excludes halogenated alkanes) is 18. The van der Waals surface area contributed by atoms with E-state index in [-0.39, 0.29) is 28.3 Å². The molecule has 5 aromatic rings. The van der Waals surface area contributed by atoms with Gasteiger partial charge >= 0.3 is 11.9 Å². The Labute approximate surface area is 380 Å². The van der Waals surface area contributed by atoms with Gasteiger partial charge in [-0.25, -0.2) is 9.59 Å². The lowest BCUT2D eigenvalue weighted by molar-refractivity contribution is 0.0695. The summed E-state index contributed by atoms with van der Waals surface area (Å²) in [7, 11) is 0. The average molecular weight is 879 g/mol. The molecule has 0 fully saturated rings. The van der Waals surface area contributed by atoms with E-state index in [9.17, 15) is 29.4 Å². The first kappa shape index (κ1) is 50.2. The molecular weight excluding hydrogens is 805 g/mol. The normalized spacial score (nSPS) is 11.7. The summed E-state index contributed by atoms with van der Waals surface area (Å²) in [6.45, 7) is 7.79. The average Bonchev–Trinajstić information content (AvgIpc) is 3.29. The van der Waals surface area contributed by atoms with Crippen molar-refractivity contribution in [1.29, 1.82) is 0 Å². The second-order valence-corrected chi connectivity index (χ2v) is 17.6. The Hall–Kier alpha value is -4.80. The third kappa shape index (κ3) is 14.1. The number of carboxylic acids is 2. The zero-order valence-corrected chi connectivity index (χ0v) is 38.8. The first-order valence-corrected chi connectivity index (χ1v) is 24.7. The van der Waals surface area contributed by atoms with Crippen LogP contribution < -0.4 is 10.6 Å². The molecule has 64 heavy (non-hydrogen) atoms. The van der Waals surface area contributed by atoms with Gasteiger partial charge in [-0.3, -0.25) is 9.59 Å². The van der Waals surface area contributed by atoms with Crippen LogP contribution in [-0.4, -0.2) is 73.5 Å². The van der Waals surface area contributed by atoms with Crippen LogP contribution in [0.2, 0.25) is 0 Å². The zero-order chi connectivity index (χ0) is 45.5. The van der Waals surface area contributed by atoms with E-state index in [0.717, 1.165) is 12.8 Å². The molecule has 4 N–H and O–H groups in total. The highest BCUT2D eigenvalue weighted by Gasteiger charge is 2.25. The predicted octanol–water partition coefficient (Wildman–Crippen LogP) is 13.2. The first-order valence-electron chi connectivity index (χ1n) is 24.7. The number of carboxylic acid groups (broad SMARTS) is 2. The van der Waals surface area contributed by atoms with Gasteiger partial charge in [0.15, 0.2) is 0 Å². The van der Waals surface area contributed by atoms with Crippen molar-refractivity contribution in [3.63, 3.8) is 0 Å². The lowest BCUT2D eigenvalue weighted by atomic mass is 9.84. The molecule has 0 saturated carbocycles. The van der Waals surface area contributed by atoms with Crippen LogP contribution in [0.15, 0.2) is 48.5 Å². The fourth-order valence-electron chi connectivity index (χ4n) is 9.15. The summed E-state index contributed by atoms with van der Waals surface area (Å²) >= 11 is 0. The van der Waals surface area contributed by atoms with Crippen molar-refractivity contribution < 1.29 is 38.9 Å². The summed E-state index contributed by atoms with van der Waals surface area (Å²) in [5.41, 5.74) is 0.482. The van der Waals surface area contributed by atoms with Gasteiger partial charge in [0.25, 0.3) is 11.8 Å². The van der Waals surface area contributed by atoms with E-state index in [1.807, 2.05) is 12.1 Å². The molecule has 0 radical (unpaired) electrons. The fraction of sp³-hybridized carbons (Fsp3) is 0.556. The highest BCUT2D eigenvalue weighted by atomic mass is 16.5. The van der Waals surface area contributed by atoms with Crippen LogP contribution >= 0.6 is 0 Å². The number of fused-ring (bicyclic) bond motifs is 2. The van der Waals surface area contributed by atoms with Crippen LogP contribution in [0.5, 0.6) is 0 Å². The Morgan fingerprint density at radius 1 is 0.375 bits per heavy atom. The maximum absolute atomic E-state index is 14.0. The van der Waals surface area contributed by atoms with Gasteiger partial charge in [-0.05, 0) is 82.3 Å². The minimum Gasteiger partial charge on any atom is -0.478 e. The number of nitrogens with one attached hydrogen (secondary N) is 2. The topological polar surface area (TPSA) is 151 Å². The lowest BCUT2D eigenvalue weighted by Gasteiger charge is -2.20. The first-order chi connectivity index (χ1) is 31.3. The van der Waals surface area contributed by atoms with Gasteiger partial charge in [0.2, 0.25) is 0 Å². The molecule has 0 aliphatic carbocycles. The predicted molar refractivity (Wildman–Crippen MR) is 261 cm³/mol. The fourth-order valence-corrected chi connectivity index (χ4v) is 9.15. The Bertz CT molecular complexity index is 2100. The van der Waals surface area contributed by atoms with Gasteiger partial charge in [-0.1, -0.05) is 154 Å². The van der Waals surface area contributed by atoms with Crippen molar-refractivity contribution in [2.45, 2.75) is 155 Å².